The van der Waals surface area contributed by atoms with Crippen LogP contribution in [0.4, 0.5) is 8.78 Å². The topological polar surface area (TPSA) is 0 Å². The highest BCUT2D eigenvalue weighted by atomic mass is 19.1. The van der Waals surface area contributed by atoms with Gasteiger partial charge in [-0.3, -0.25) is 0 Å². The van der Waals surface area contributed by atoms with Gasteiger partial charge >= 0.3 is 0 Å². The van der Waals surface area contributed by atoms with Gasteiger partial charge in [-0.2, -0.15) is 0 Å². The summed E-state index contributed by atoms with van der Waals surface area (Å²) in [7, 11) is 0. The second-order valence-electron chi connectivity index (χ2n) is 3.89. The van der Waals surface area contributed by atoms with Crippen molar-refractivity contribution < 1.29 is 8.78 Å². The van der Waals surface area contributed by atoms with Gasteiger partial charge in [0.1, 0.15) is 11.6 Å². The van der Waals surface area contributed by atoms with Crippen LogP contribution in [0, 0.1) is 17.6 Å². The largest absolute Gasteiger partial charge is 0.207 e. The molecule has 2 unspecified atom stereocenters. The average molecular weight is 182 g/mol. The van der Waals surface area contributed by atoms with Crippen LogP contribution in [0.3, 0.4) is 0 Å². The van der Waals surface area contributed by atoms with E-state index in [4.69, 9.17) is 0 Å². The Hall–Kier alpha value is -0.920. The molecule has 70 valence electrons. The first-order valence-electron chi connectivity index (χ1n) is 4.58. The minimum Gasteiger partial charge on any atom is -0.207 e. The van der Waals surface area contributed by atoms with Crippen molar-refractivity contribution in [3.8, 4) is 0 Å². The lowest BCUT2D eigenvalue weighted by molar-refractivity contribution is 0.511. The van der Waals surface area contributed by atoms with Crippen molar-refractivity contribution in [2.45, 2.75) is 26.2 Å². The smallest absolute Gasteiger partial charge is 0.127 e. The molecule has 2 rings (SSSR count). The molecule has 0 amide bonds. The fourth-order valence-corrected chi connectivity index (χ4v) is 2.09. The molecule has 0 bridgehead atoms. The lowest BCUT2D eigenvalue weighted by Gasteiger charge is -2.09. The highest BCUT2D eigenvalue weighted by molar-refractivity contribution is 5.37. The highest BCUT2D eigenvalue weighted by Gasteiger charge is 2.30. The van der Waals surface area contributed by atoms with E-state index in [1.165, 1.54) is 12.1 Å². The first-order chi connectivity index (χ1) is 6.11. The zero-order chi connectivity index (χ0) is 9.59. The molecule has 1 aromatic carbocycles. The fourth-order valence-electron chi connectivity index (χ4n) is 2.09. The second kappa shape index (κ2) is 2.79. The summed E-state index contributed by atoms with van der Waals surface area (Å²) in [5.74, 6) is -0.0204. The van der Waals surface area contributed by atoms with Gasteiger partial charge in [0.05, 0.1) is 0 Å². The van der Waals surface area contributed by atoms with Crippen LogP contribution >= 0.6 is 0 Å². The highest BCUT2D eigenvalue weighted by Crippen LogP contribution is 2.39. The first kappa shape index (κ1) is 8.67. The van der Waals surface area contributed by atoms with E-state index in [0.29, 0.717) is 23.5 Å². The quantitative estimate of drug-likeness (QED) is 0.577. The van der Waals surface area contributed by atoms with Gasteiger partial charge in [0, 0.05) is 0 Å². The third-order valence-corrected chi connectivity index (χ3v) is 3.08. The van der Waals surface area contributed by atoms with Gasteiger partial charge in [0.25, 0.3) is 0 Å². The van der Waals surface area contributed by atoms with E-state index >= 15 is 0 Å². The molecular weight excluding hydrogens is 170 g/mol. The van der Waals surface area contributed by atoms with Crippen LogP contribution < -0.4 is 0 Å². The van der Waals surface area contributed by atoms with Gasteiger partial charge in [-0.05, 0) is 41.5 Å². The lowest BCUT2D eigenvalue weighted by Crippen LogP contribution is -1.99. The van der Waals surface area contributed by atoms with E-state index in [-0.39, 0.29) is 17.6 Å². The van der Waals surface area contributed by atoms with Gasteiger partial charge < -0.3 is 0 Å². The van der Waals surface area contributed by atoms with Gasteiger partial charge in [-0.1, -0.05) is 13.8 Å². The van der Waals surface area contributed by atoms with Crippen molar-refractivity contribution in [1.82, 2.24) is 0 Å². The van der Waals surface area contributed by atoms with Crippen molar-refractivity contribution in [2.75, 3.05) is 0 Å². The molecule has 1 aliphatic rings. The van der Waals surface area contributed by atoms with Gasteiger partial charge in [0.2, 0.25) is 0 Å². The predicted octanol–water partition coefficient (Wildman–Crippen LogP) is 3.26. The zero-order valence-electron chi connectivity index (χ0n) is 7.77. The summed E-state index contributed by atoms with van der Waals surface area (Å²) in [5.41, 5.74) is 1.17. The molecule has 0 nitrogen and oxygen atoms in total. The molecular formula is C11H12F2. The summed E-state index contributed by atoms with van der Waals surface area (Å²) < 4.78 is 26.6. The Labute approximate surface area is 76.6 Å². The summed E-state index contributed by atoms with van der Waals surface area (Å²) in [5, 5.41) is 0. The Kier molecular flexibility index (Phi) is 1.86. The Bertz CT molecular complexity index is 344. The van der Waals surface area contributed by atoms with Crippen LogP contribution in [0.15, 0.2) is 12.1 Å². The third kappa shape index (κ3) is 1.16. The number of halogens is 2. The average Bonchev–Trinajstić information content (AvgIpc) is 2.38. The second-order valence-corrected chi connectivity index (χ2v) is 3.89. The van der Waals surface area contributed by atoms with E-state index in [9.17, 15) is 8.78 Å². The molecule has 0 fully saturated rings. The molecule has 2 heteroatoms. The maximum absolute atomic E-state index is 13.3. The number of hydrogen-bond acceptors (Lipinski definition) is 0. The van der Waals surface area contributed by atoms with Crippen molar-refractivity contribution >= 4 is 0 Å². The van der Waals surface area contributed by atoms with E-state index in [2.05, 4.69) is 0 Å². The normalized spacial score (nSPS) is 26.2. The summed E-state index contributed by atoms with van der Waals surface area (Å²) in [4.78, 5) is 0. The zero-order valence-corrected chi connectivity index (χ0v) is 7.77. The molecule has 1 aliphatic carbocycles. The standard InChI is InChI=1S/C11H12F2/c1-6-5-8-9(12)3-4-10(13)11(8)7(6)2/h3-4,6-7H,5H2,1-2H3. The molecule has 0 saturated heterocycles. The third-order valence-electron chi connectivity index (χ3n) is 3.08. The Balaban J connectivity index is 2.61. The van der Waals surface area contributed by atoms with Gasteiger partial charge in [0.15, 0.2) is 0 Å². The van der Waals surface area contributed by atoms with Gasteiger partial charge in [-0.15, -0.1) is 0 Å². The van der Waals surface area contributed by atoms with E-state index in [1.807, 2.05) is 13.8 Å². The Morgan fingerprint density at radius 3 is 2.38 bits per heavy atom. The first-order valence-corrected chi connectivity index (χ1v) is 4.58. The number of rotatable bonds is 0. The molecule has 1 aromatic rings. The van der Waals surface area contributed by atoms with E-state index < -0.39 is 0 Å². The molecule has 0 radical (unpaired) electrons. The van der Waals surface area contributed by atoms with Gasteiger partial charge in [-0.25, -0.2) is 8.78 Å². The monoisotopic (exact) mass is 182 g/mol. The molecule has 0 aromatic heterocycles. The number of hydrogen-bond donors (Lipinski definition) is 0. The van der Waals surface area contributed by atoms with Crippen LogP contribution in [-0.2, 0) is 6.42 Å². The Morgan fingerprint density at radius 1 is 1.15 bits per heavy atom. The van der Waals surface area contributed by atoms with E-state index in [0.717, 1.165) is 0 Å². The number of fused-ring (bicyclic) bond motifs is 1. The predicted molar refractivity (Wildman–Crippen MR) is 47.6 cm³/mol. The van der Waals surface area contributed by atoms with Crippen molar-refractivity contribution in [2.24, 2.45) is 5.92 Å². The van der Waals surface area contributed by atoms with Crippen molar-refractivity contribution in [1.29, 1.82) is 0 Å². The van der Waals surface area contributed by atoms with Crippen LogP contribution in [0.5, 0.6) is 0 Å². The molecule has 0 saturated carbocycles. The minimum atomic E-state index is -0.257. The maximum atomic E-state index is 13.3. The summed E-state index contributed by atoms with van der Waals surface area (Å²) in [6, 6.07) is 2.45. The molecule has 0 aliphatic heterocycles. The van der Waals surface area contributed by atoms with Crippen molar-refractivity contribution in [3.63, 3.8) is 0 Å². The summed E-state index contributed by atoms with van der Waals surface area (Å²) >= 11 is 0. The van der Waals surface area contributed by atoms with Crippen LogP contribution in [-0.4, -0.2) is 0 Å². The molecule has 2 atom stereocenters. The molecule has 0 spiro atoms. The summed E-state index contributed by atoms with van der Waals surface area (Å²) in [6.45, 7) is 3.99. The minimum absolute atomic E-state index is 0.144. The van der Waals surface area contributed by atoms with E-state index in [1.54, 1.807) is 0 Å². The van der Waals surface area contributed by atoms with Crippen LogP contribution in [0.1, 0.15) is 30.9 Å². The molecule has 0 N–H and O–H groups in total. The lowest BCUT2D eigenvalue weighted by atomic mass is 9.96. The Morgan fingerprint density at radius 2 is 1.77 bits per heavy atom. The molecule has 13 heavy (non-hydrogen) atoms. The van der Waals surface area contributed by atoms with Crippen LogP contribution in [0.25, 0.3) is 0 Å². The number of benzene rings is 1. The molecule has 0 heterocycles. The van der Waals surface area contributed by atoms with Crippen LogP contribution in [0.2, 0.25) is 0 Å². The fraction of sp³-hybridized carbons (Fsp3) is 0.455. The SMILES string of the molecule is CC1Cc2c(F)ccc(F)c2C1C. The van der Waals surface area contributed by atoms with Crippen molar-refractivity contribution in [3.05, 3.63) is 34.9 Å². The maximum Gasteiger partial charge on any atom is 0.127 e. The summed E-state index contributed by atoms with van der Waals surface area (Å²) in [6.07, 6.45) is 0.667.